The van der Waals surface area contributed by atoms with Gasteiger partial charge in [0.15, 0.2) is 11.5 Å². The Morgan fingerprint density at radius 3 is 2.32 bits per heavy atom. The van der Waals surface area contributed by atoms with Crippen molar-refractivity contribution in [1.82, 2.24) is 10.6 Å². The lowest BCUT2D eigenvalue weighted by atomic mass is 10.0. The van der Waals surface area contributed by atoms with Crippen LogP contribution in [-0.4, -0.2) is 45.9 Å². The molecule has 0 heterocycles. The number of benzene rings is 1. The molecule has 1 atom stereocenters. The van der Waals surface area contributed by atoms with Crippen LogP contribution in [-0.2, 0) is 16.0 Å². The predicted molar refractivity (Wildman–Crippen MR) is 95.0 cm³/mol. The van der Waals surface area contributed by atoms with Crippen LogP contribution < -0.4 is 20.1 Å². The maximum atomic E-state index is 12.0. The number of amides is 2. The van der Waals surface area contributed by atoms with Gasteiger partial charge in [-0.1, -0.05) is 19.9 Å². The van der Waals surface area contributed by atoms with Crippen LogP contribution >= 0.6 is 0 Å². The van der Waals surface area contributed by atoms with Crippen LogP contribution in [0.2, 0.25) is 0 Å². The Morgan fingerprint density at radius 1 is 1.08 bits per heavy atom. The predicted octanol–water partition coefficient (Wildman–Crippen LogP) is 2.13. The lowest BCUT2D eigenvalue weighted by molar-refractivity contribution is -0.143. The highest BCUT2D eigenvalue weighted by Crippen LogP contribution is 2.27. The van der Waals surface area contributed by atoms with E-state index in [1.165, 1.54) is 7.11 Å². The molecular formula is C18H28N2O5. The molecule has 0 spiro atoms. The standard InChI is InChI=1S/C18H28N2O5/c1-12(2)10-14(17(21)25-5)20-18(22)19-9-8-13-6-7-15(23-3)16(11-13)24-4/h6-7,11-12,14H,8-10H2,1-5H3,(H2,19,20,22)/t14-/m0/s1. The number of nitrogens with one attached hydrogen (secondary N) is 2. The Morgan fingerprint density at radius 2 is 1.76 bits per heavy atom. The lowest BCUT2D eigenvalue weighted by Crippen LogP contribution is -2.47. The van der Waals surface area contributed by atoms with Gasteiger partial charge in [-0.25, -0.2) is 9.59 Å². The van der Waals surface area contributed by atoms with Crippen molar-refractivity contribution in [2.24, 2.45) is 5.92 Å². The SMILES string of the molecule is COC(=O)[C@H](CC(C)C)NC(=O)NCCc1ccc(OC)c(OC)c1. The van der Waals surface area contributed by atoms with Crippen molar-refractivity contribution in [2.75, 3.05) is 27.9 Å². The van der Waals surface area contributed by atoms with Crippen molar-refractivity contribution in [1.29, 1.82) is 0 Å². The molecule has 0 aliphatic rings. The van der Waals surface area contributed by atoms with E-state index in [9.17, 15) is 9.59 Å². The molecule has 2 amide bonds. The van der Waals surface area contributed by atoms with Gasteiger partial charge in [-0.3, -0.25) is 0 Å². The minimum absolute atomic E-state index is 0.260. The highest BCUT2D eigenvalue weighted by atomic mass is 16.5. The quantitative estimate of drug-likeness (QED) is 0.665. The summed E-state index contributed by atoms with van der Waals surface area (Å²) in [6.07, 6.45) is 1.15. The zero-order valence-electron chi connectivity index (χ0n) is 15.5. The smallest absolute Gasteiger partial charge is 0.328 e. The first-order valence-corrected chi connectivity index (χ1v) is 8.24. The van der Waals surface area contributed by atoms with Crippen molar-refractivity contribution in [3.05, 3.63) is 23.8 Å². The summed E-state index contributed by atoms with van der Waals surface area (Å²) in [7, 11) is 4.47. The Balaban J connectivity index is 2.51. The highest BCUT2D eigenvalue weighted by Gasteiger charge is 2.22. The summed E-state index contributed by atoms with van der Waals surface area (Å²) in [6.45, 7) is 4.38. The maximum absolute atomic E-state index is 12.0. The van der Waals surface area contributed by atoms with E-state index < -0.39 is 18.0 Å². The van der Waals surface area contributed by atoms with Crippen LogP contribution in [0.5, 0.6) is 11.5 Å². The molecular weight excluding hydrogens is 324 g/mol. The van der Waals surface area contributed by atoms with Crippen molar-refractivity contribution < 1.29 is 23.8 Å². The zero-order chi connectivity index (χ0) is 18.8. The Hall–Kier alpha value is -2.44. The van der Waals surface area contributed by atoms with Crippen molar-refractivity contribution in [3.8, 4) is 11.5 Å². The second-order valence-electron chi connectivity index (χ2n) is 6.04. The van der Waals surface area contributed by atoms with Gasteiger partial charge in [0, 0.05) is 6.54 Å². The summed E-state index contributed by atoms with van der Waals surface area (Å²) < 4.78 is 15.2. The maximum Gasteiger partial charge on any atom is 0.328 e. The van der Waals surface area contributed by atoms with Gasteiger partial charge in [0.2, 0.25) is 0 Å². The fourth-order valence-corrected chi connectivity index (χ4v) is 2.39. The largest absolute Gasteiger partial charge is 0.493 e. The minimum Gasteiger partial charge on any atom is -0.493 e. The van der Waals surface area contributed by atoms with Crippen molar-refractivity contribution in [2.45, 2.75) is 32.7 Å². The number of esters is 1. The Labute approximate surface area is 149 Å². The van der Waals surface area contributed by atoms with Gasteiger partial charge >= 0.3 is 12.0 Å². The van der Waals surface area contributed by atoms with Gasteiger partial charge in [0.25, 0.3) is 0 Å². The summed E-state index contributed by atoms with van der Waals surface area (Å²) in [5.41, 5.74) is 1.00. The van der Waals surface area contributed by atoms with Gasteiger partial charge in [-0.2, -0.15) is 0 Å². The molecule has 0 bridgehead atoms. The first kappa shape index (κ1) is 20.6. The fraction of sp³-hybridized carbons (Fsp3) is 0.556. The molecule has 7 nitrogen and oxygen atoms in total. The molecule has 0 saturated carbocycles. The summed E-state index contributed by atoms with van der Waals surface area (Å²) in [6, 6.07) is 4.57. The highest BCUT2D eigenvalue weighted by molar-refractivity contribution is 5.83. The van der Waals surface area contributed by atoms with Crippen LogP contribution in [0.3, 0.4) is 0 Å². The molecule has 0 saturated heterocycles. The third kappa shape index (κ3) is 6.91. The summed E-state index contributed by atoms with van der Waals surface area (Å²) in [5.74, 6) is 1.12. The number of hydrogen-bond donors (Lipinski definition) is 2. The number of rotatable bonds is 9. The van der Waals surface area contributed by atoms with Crippen LogP contribution in [0.4, 0.5) is 4.79 Å². The topological polar surface area (TPSA) is 85.9 Å². The van der Waals surface area contributed by atoms with Gasteiger partial charge in [0.05, 0.1) is 21.3 Å². The molecule has 7 heteroatoms. The Kier molecular flexibility index (Phi) is 8.60. The molecule has 1 aromatic rings. The third-order valence-corrected chi connectivity index (χ3v) is 3.65. The summed E-state index contributed by atoms with van der Waals surface area (Å²) >= 11 is 0. The van der Waals surface area contributed by atoms with E-state index in [1.54, 1.807) is 14.2 Å². The van der Waals surface area contributed by atoms with Crippen molar-refractivity contribution in [3.63, 3.8) is 0 Å². The molecule has 140 valence electrons. The van der Waals surface area contributed by atoms with Gasteiger partial charge < -0.3 is 24.8 Å². The molecule has 0 radical (unpaired) electrons. The molecule has 25 heavy (non-hydrogen) atoms. The number of carbonyl (C=O) groups excluding carboxylic acids is 2. The summed E-state index contributed by atoms with van der Waals surface area (Å²) in [5, 5.41) is 5.41. The van der Waals surface area contributed by atoms with Gasteiger partial charge in [0.1, 0.15) is 6.04 Å². The second-order valence-corrected chi connectivity index (χ2v) is 6.04. The number of methoxy groups -OCH3 is 3. The number of urea groups is 1. The number of hydrogen-bond acceptors (Lipinski definition) is 5. The molecule has 0 aromatic heterocycles. The van der Waals surface area contributed by atoms with Crippen LogP contribution in [0.15, 0.2) is 18.2 Å². The van der Waals surface area contributed by atoms with Crippen LogP contribution in [0, 0.1) is 5.92 Å². The molecule has 0 aliphatic carbocycles. The van der Waals surface area contributed by atoms with Crippen LogP contribution in [0.1, 0.15) is 25.8 Å². The normalized spacial score (nSPS) is 11.6. The van der Waals surface area contributed by atoms with E-state index in [2.05, 4.69) is 10.6 Å². The van der Waals surface area contributed by atoms with E-state index in [0.717, 1.165) is 5.56 Å². The van der Waals surface area contributed by atoms with Gasteiger partial charge in [-0.15, -0.1) is 0 Å². The van der Waals surface area contributed by atoms with E-state index in [0.29, 0.717) is 30.9 Å². The van der Waals surface area contributed by atoms with E-state index >= 15 is 0 Å². The first-order valence-electron chi connectivity index (χ1n) is 8.24. The fourth-order valence-electron chi connectivity index (χ4n) is 2.39. The van der Waals surface area contributed by atoms with E-state index in [1.807, 2.05) is 32.0 Å². The molecule has 1 aromatic carbocycles. The molecule has 0 fully saturated rings. The monoisotopic (exact) mass is 352 g/mol. The third-order valence-electron chi connectivity index (χ3n) is 3.65. The average molecular weight is 352 g/mol. The van der Waals surface area contributed by atoms with Crippen LogP contribution in [0.25, 0.3) is 0 Å². The van der Waals surface area contributed by atoms with Crippen molar-refractivity contribution >= 4 is 12.0 Å². The Bertz CT molecular complexity index is 575. The second kappa shape index (κ2) is 10.4. The average Bonchev–Trinajstić information content (AvgIpc) is 2.59. The molecule has 0 unspecified atom stereocenters. The van der Waals surface area contributed by atoms with E-state index in [-0.39, 0.29) is 5.92 Å². The zero-order valence-corrected chi connectivity index (χ0v) is 15.5. The lowest BCUT2D eigenvalue weighted by Gasteiger charge is -2.18. The van der Waals surface area contributed by atoms with E-state index in [4.69, 9.17) is 14.2 Å². The molecule has 1 rings (SSSR count). The first-order chi connectivity index (χ1) is 11.9. The minimum atomic E-state index is -0.647. The molecule has 2 N–H and O–H groups in total. The number of ether oxygens (including phenoxy) is 3. The molecule has 0 aliphatic heterocycles. The summed E-state index contributed by atoms with van der Waals surface area (Å²) in [4.78, 5) is 23.7. The number of carbonyl (C=O) groups is 2. The van der Waals surface area contributed by atoms with Gasteiger partial charge in [-0.05, 0) is 36.5 Å².